The summed E-state index contributed by atoms with van der Waals surface area (Å²) in [7, 11) is 0. The van der Waals surface area contributed by atoms with E-state index >= 15 is 0 Å². The van der Waals surface area contributed by atoms with Crippen LogP contribution in [0.4, 0.5) is 0 Å². The van der Waals surface area contributed by atoms with E-state index in [1.807, 2.05) is 0 Å². The average molecular weight is 204 g/mol. The van der Waals surface area contributed by atoms with Gasteiger partial charge in [0, 0.05) is 18.7 Å². The highest BCUT2D eigenvalue weighted by molar-refractivity contribution is 5.85. The van der Waals surface area contributed by atoms with Crippen LogP contribution in [0.5, 0.6) is 0 Å². The van der Waals surface area contributed by atoms with Crippen LogP contribution in [0.1, 0.15) is 23.3 Å². The van der Waals surface area contributed by atoms with E-state index in [4.69, 9.17) is 10.4 Å². The molecule has 1 heterocycles. The maximum absolute atomic E-state index is 10.8. The number of carbonyl (C=O) groups is 1. The number of nitriles is 1. The van der Waals surface area contributed by atoms with Crippen LogP contribution >= 0.6 is 0 Å². The summed E-state index contributed by atoms with van der Waals surface area (Å²) in [6.07, 6.45) is 3.57. The Kier molecular flexibility index (Phi) is 2.46. The molecule has 0 radical (unpaired) electrons. The smallest absolute Gasteiger partial charge is 0.352 e. The molecule has 0 spiro atoms. The normalized spacial score (nSPS) is 24.2. The van der Waals surface area contributed by atoms with Crippen LogP contribution < -0.4 is 0 Å². The Balaban J connectivity index is 1.98. The number of carboxylic acid groups (broad SMARTS) is 1. The number of rotatable bonds is 3. The second-order valence-corrected chi connectivity index (χ2v) is 4.01. The zero-order valence-corrected chi connectivity index (χ0v) is 8.26. The first-order valence-corrected chi connectivity index (χ1v) is 4.98. The third kappa shape index (κ3) is 1.86. The first kappa shape index (κ1) is 9.78. The SMILES string of the molecule is N#CC1CC(Cn2cccc2C(=O)O)C1. The summed E-state index contributed by atoms with van der Waals surface area (Å²) in [6, 6.07) is 5.56. The van der Waals surface area contributed by atoms with Crippen molar-refractivity contribution in [2.75, 3.05) is 0 Å². The number of hydrogen-bond donors (Lipinski definition) is 1. The Morgan fingerprint density at radius 1 is 1.67 bits per heavy atom. The minimum atomic E-state index is -0.892. The molecule has 4 nitrogen and oxygen atoms in total. The highest BCUT2D eigenvalue weighted by atomic mass is 16.4. The summed E-state index contributed by atoms with van der Waals surface area (Å²) in [5, 5.41) is 17.5. The molecule has 0 bridgehead atoms. The zero-order chi connectivity index (χ0) is 10.8. The largest absolute Gasteiger partial charge is 0.477 e. The highest BCUT2D eigenvalue weighted by Gasteiger charge is 2.29. The summed E-state index contributed by atoms with van der Waals surface area (Å²) in [6.45, 7) is 0.715. The monoisotopic (exact) mass is 204 g/mol. The molecule has 4 heteroatoms. The van der Waals surface area contributed by atoms with Crippen molar-refractivity contribution in [2.45, 2.75) is 19.4 Å². The third-order valence-corrected chi connectivity index (χ3v) is 2.92. The van der Waals surface area contributed by atoms with E-state index in [0.29, 0.717) is 18.2 Å². The van der Waals surface area contributed by atoms with Crippen LogP contribution in [0.3, 0.4) is 0 Å². The number of nitrogens with zero attached hydrogens (tertiary/aromatic N) is 2. The molecule has 1 aromatic rings. The number of aromatic carboxylic acids is 1. The van der Waals surface area contributed by atoms with Gasteiger partial charge in [0.25, 0.3) is 0 Å². The molecule has 0 atom stereocenters. The van der Waals surface area contributed by atoms with Gasteiger partial charge in [-0.3, -0.25) is 0 Å². The topological polar surface area (TPSA) is 66.0 Å². The van der Waals surface area contributed by atoms with Crippen molar-refractivity contribution in [1.82, 2.24) is 4.57 Å². The Morgan fingerprint density at radius 2 is 2.40 bits per heavy atom. The molecule has 78 valence electrons. The lowest BCUT2D eigenvalue weighted by Gasteiger charge is -2.31. The molecule has 1 aliphatic rings. The molecule has 15 heavy (non-hydrogen) atoms. The van der Waals surface area contributed by atoms with Gasteiger partial charge in [0.05, 0.1) is 6.07 Å². The minimum absolute atomic E-state index is 0.179. The van der Waals surface area contributed by atoms with Crippen LogP contribution in [0.15, 0.2) is 18.3 Å². The minimum Gasteiger partial charge on any atom is -0.477 e. The van der Waals surface area contributed by atoms with E-state index in [2.05, 4.69) is 6.07 Å². The second kappa shape index (κ2) is 3.77. The quantitative estimate of drug-likeness (QED) is 0.815. The fourth-order valence-corrected chi connectivity index (χ4v) is 2.04. The van der Waals surface area contributed by atoms with E-state index in [1.165, 1.54) is 0 Å². The highest BCUT2D eigenvalue weighted by Crippen LogP contribution is 2.34. The average Bonchev–Trinajstić information content (AvgIpc) is 2.58. The van der Waals surface area contributed by atoms with Crippen molar-refractivity contribution < 1.29 is 9.90 Å². The number of hydrogen-bond acceptors (Lipinski definition) is 2. The van der Waals surface area contributed by atoms with Crippen LogP contribution in [-0.2, 0) is 6.54 Å². The van der Waals surface area contributed by atoms with Gasteiger partial charge in [0.2, 0.25) is 0 Å². The summed E-state index contributed by atoms with van der Waals surface area (Å²) in [5.74, 6) is -0.254. The molecule has 2 rings (SSSR count). The molecule has 0 aliphatic heterocycles. The molecule has 0 saturated heterocycles. The van der Waals surface area contributed by atoms with Gasteiger partial charge < -0.3 is 9.67 Å². The molecule has 1 aliphatic carbocycles. The molecule has 1 saturated carbocycles. The van der Waals surface area contributed by atoms with Crippen LogP contribution in [0.2, 0.25) is 0 Å². The predicted molar refractivity (Wildman–Crippen MR) is 53.2 cm³/mol. The first-order chi connectivity index (χ1) is 7.20. The molecule has 1 N–H and O–H groups in total. The standard InChI is InChI=1S/C11H12N2O2/c12-6-8-4-9(5-8)7-13-3-1-2-10(13)11(14)15/h1-3,8-9H,4-5,7H2,(H,14,15). The second-order valence-electron chi connectivity index (χ2n) is 4.01. The van der Waals surface area contributed by atoms with E-state index in [1.54, 1.807) is 22.9 Å². The van der Waals surface area contributed by atoms with Crippen LogP contribution in [0.25, 0.3) is 0 Å². The van der Waals surface area contributed by atoms with Crippen molar-refractivity contribution in [3.05, 3.63) is 24.0 Å². The summed E-state index contributed by atoms with van der Waals surface area (Å²) in [5.41, 5.74) is 0.329. The Morgan fingerprint density at radius 3 is 3.00 bits per heavy atom. The van der Waals surface area contributed by atoms with E-state index in [0.717, 1.165) is 12.8 Å². The Hall–Kier alpha value is -1.76. The number of aromatic nitrogens is 1. The van der Waals surface area contributed by atoms with Gasteiger partial charge >= 0.3 is 5.97 Å². The maximum Gasteiger partial charge on any atom is 0.352 e. The lowest BCUT2D eigenvalue weighted by Crippen LogP contribution is -2.27. The zero-order valence-electron chi connectivity index (χ0n) is 8.26. The van der Waals surface area contributed by atoms with Gasteiger partial charge in [-0.25, -0.2) is 4.79 Å². The van der Waals surface area contributed by atoms with Gasteiger partial charge in [-0.05, 0) is 30.9 Å². The Bertz CT molecular complexity index is 410. The summed E-state index contributed by atoms with van der Waals surface area (Å²) in [4.78, 5) is 10.8. The molecular formula is C11H12N2O2. The number of carboxylic acids is 1. The van der Waals surface area contributed by atoms with Gasteiger partial charge in [-0.1, -0.05) is 0 Å². The van der Waals surface area contributed by atoms with E-state index in [9.17, 15) is 4.79 Å². The molecule has 0 aromatic carbocycles. The van der Waals surface area contributed by atoms with Crippen molar-refractivity contribution >= 4 is 5.97 Å². The summed E-state index contributed by atoms with van der Waals surface area (Å²) >= 11 is 0. The summed E-state index contributed by atoms with van der Waals surface area (Å²) < 4.78 is 1.75. The van der Waals surface area contributed by atoms with Crippen molar-refractivity contribution in [3.8, 4) is 6.07 Å². The van der Waals surface area contributed by atoms with Gasteiger partial charge in [0.15, 0.2) is 0 Å². The fourth-order valence-electron chi connectivity index (χ4n) is 2.04. The van der Waals surface area contributed by atoms with Gasteiger partial charge in [-0.15, -0.1) is 0 Å². The molecular weight excluding hydrogens is 192 g/mol. The lowest BCUT2D eigenvalue weighted by molar-refractivity contribution is 0.0681. The van der Waals surface area contributed by atoms with E-state index < -0.39 is 5.97 Å². The van der Waals surface area contributed by atoms with Gasteiger partial charge in [-0.2, -0.15) is 5.26 Å². The molecule has 1 fully saturated rings. The molecule has 0 amide bonds. The van der Waals surface area contributed by atoms with Gasteiger partial charge in [0.1, 0.15) is 5.69 Å². The van der Waals surface area contributed by atoms with Crippen LogP contribution in [0, 0.1) is 23.2 Å². The Labute approximate surface area is 87.7 Å². The van der Waals surface area contributed by atoms with Crippen molar-refractivity contribution in [1.29, 1.82) is 5.26 Å². The van der Waals surface area contributed by atoms with Crippen LogP contribution in [-0.4, -0.2) is 15.6 Å². The molecule has 0 unspecified atom stereocenters. The van der Waals surface area contributed by atoms with E-state index in [-0.39, 0.29) is 5.92 Å². The molecule has 1 aromatic heterocycles. The van der Waals surface area contributed by atoms with Crippen molar-refractivity contribution in [2.24, 2.45) is 11.8 Å². The maximum atomic E-state index is 10.8. The third-order valence-electron chi connectivity index (χ3n) is 2.92. The fraction of sp³-hybridized carbons (Fsp3) is 0.455. The lowest BCUT2D eigenvalue weighted by atomic mass is 9.76. The predicted octanol–water partition coefficient (Wildman–Crippen LogP) is 1.74. The first-order valence-electron chi connectivity index (χ1n) is 4.98. The van der Waals surface area contributed by atoms with Crippen molar-refractivity contribution in [3.63, 3.8) is 0 Å².